The number of hydrogen-bond acceptors (Lipinski definition) is 3. The van der Waals surface area contributed by atoms with E-state index in [0.29, 0.717) is 11.3 Å². The van der Waals surface area contributed by atoms with Crippen molar-refractivity contribution in [1.29, 1.82) is 0 Å². The third kappa shape index (κ3) is 4.33. The summed E-state index contributed by atoms with van der Waals surface area (Å²) in [6, 6.07) is 22.8. The molecule has 0 aliphatic heterocycles. The van der Waals surface area contributed by atoms with Gasteiger partial charge in [0, 0.05) is 5.56 Å². The molecule has 0 aromatic heterocycles. The maximum absolute atomic E-state index is 11.9. The van der Waals surface area contributed by atoms with E-state index in [0.717, 1.165) is 16.3 Å². The van der Waals surface area contributed by atoms with Crippen LogP contribution in [0.25, 0.3) is 10.8 Å². The Bertz CT molecular complexity index is 965. The van der Waals surface area contributed by atoms with Gasteiger partial charge in [0.2, 0.25) is 0 Å². The average molecular weight is 345 g/mol. The Morgan fingerprint density at radius 1 is 0.846 bits per heavy atom. The lowest BCUT2D eigenvalue weighted by atomic mass is 10.0. The van der Waals surface area contributed by atoms with Gasteiger partial charge in [-0.15, -0.1) is 0 Å². The number of amides is 2. The smallest absolute Gasteiger partial charge is 0.259 e. The minimum atomic E-state index is -0.380. The van der Waals surface area contributed by atoms with Crippen LogP contribution in [0.15, 0.2) is 77.9 Å². The molecule has 0 saturated carbocycles. The standard InChI is InChI=1S/C21H19N3O2/c1-15(18-12-11-16-7-5-6-10-19(16)13-18)23-24-20(25)14-22-21(26)17-8-3-2-4-9-17/h2-13H,14H2,1H3,(H,22,26)(H,24,25)/b23-15-. The quantitative estimate of drug-likeness (QED) is 0.551. The van der Waals surface area contributed by atoms with Crippen molar-refractivity contribution in [3.8, 4) is 0 Å². The zero-order valence-corrected chi connectivity index (χ0v) is 14.4. The number of nitrogens with zero attached hydrogens (tertiary/aromatic N) is 1. The van der Waals surface area contributed by atoms with Gasteiger partial charge in [0.05, 0.1) is 12.3 Å². The third-order valence-electron chi connectivity index (χ3n) is 3.96. The zero-order chi connectivity index (χ0) is 18.4. The predicted octanol–water partition coefficient (Wildman–Crippen LogP) is 3.11. The van der Waals surface area contributed by atoms with Crippen LogP contribution in [0, 0.1) is 0 Å². The van der Waals surface area contributed by atoms with Crippen LogP contribution in [-0.4, -0.2) is 24.1 Å². The molecule has 5 nitrogen and oxygen atoms in total. The molecule has 0 atom stereocenters. The highest BCUT2D eigenvalue weighted by Gasteiger charge is 2.07. The highest BCUT2D eigenvalue weighted by molar-refractivity contribution is 6.02. The van der Waals surface area contributed by atoms with Crippen LogP contribution in [-0.2, 0) is 4.79 Å². The topological polar surface area (TPSA) is 70.6 Å². The van der Waals surface area contributed by atoms with Crippen molar-refractivity contribution in [3.63, 3.8) is 0 Å². The van der Waals surface area contributed by atoms with E-state index in [2.05, 4.69) is 15.8 Å². The van der Waals surface area contributed by atoms with Gasteiger partial charge in [-0.1, -0.05) is 54.6 Å². The van der Waals surface area contributed by atoms with Gasteiger partial charge in [-0.05, 0) is 41.5 Å². The lowest BCUT2D eigenvalue weighted by Crippen LogP contribution is -2.35. The van der Waals surface area contributed by atoms with Crippen molar-refractivity contribution in [2.45, 2.75) is 6.92 Å². The molecule has 0 bridgehead atoms. The largest absolute Gasteiger partial charge is 0.343 e. The maximum Gasteiger partial charge on any atom is 0.259 e. The van der Waals surface area contributed by atoms with E-state index in [1.807, 2.05) is 55.5 Å². The number of benzene rings is 3. The number of rotatable bonds is 5. The van der Waals surface area contributed by atoms with Gasteiger partial charge in [-0.3, -0.25) is 9.59 Å². The highest BCUT2D eigenvalue weighted by Crippen LogP contribution is 2.16. The third-order valence-corrected chi connectivity index (χ3v) is 3.96. The summed E-state index contributed by atoms with van der Waals surface area (Å²) in [5.74, 6) is -0.676. The Morgan fingerprint density at radius 3 is 2.31 bits per heavy atom. The molecule has 0 aliphatic rings. The van der Waals surface area contributed by atoms with Gasteiger partial charge >= 0.3 is 0 Å². The van der Waals surface area contributed by atoms with Gasteiger partial charge in [0.25, 0.3) is 11.8 Å². The number of carbonyl (C=O) groups excluding carboxylic acids is 2. The number of hydrogen-bond donors (Lipinski definition) is 2. The van der Waals surface area contributed by atoms with Crippen molar-refractivity contribution in [3.05, 3.63) is 83.9 Å². The second-order valence-corrected chi connectivity index (χ2v) is 5.84. The van der Waals surface area contributed by atoms with E-state index in [9.17, 15) is 9.59 Å². The van der Waals surface area contributed by atoms with E-state index >= 15 is 0 Å². The van der Waals surface area contributed by atoms with E-state index in [1.165, 1.54) is 0 Å². The monoisotopic (exact) mass is 345 g/mol. The number of nitrogens with one attached hydrogen (secondary N) is 2. The Morgan fingerprint density at radius 2 is 1.54 bits per heavy atom. The fourth-order valence-electron chi connectivity index (χ4n) is 2.52. The van der Waals surface area contributed by atoms with E-state index < -0.39 is 0 Å². The van der Waals surface area contributed by atoms with Gasteiger partial charge in [0.1, 0.15) is 0 Å². The number of fused-ring (bicyclic) bond motifs is 1. The zero-order valence-electron chi connectivity index (χ0n) is 14.4. The van der Waals surface area contributed by atoms with Crippen LogP contribution in [0.2, 0.25) is 0 Å². The molecule has 3 aromatic rings. The SMILES string of the molecule is C/C(=N/NC(=O)CNC(=O)c1ccccc1)c1ccc2ccccc2c1. The summed E-state index contributed by atoms with van der Waals surface area (Å²) >= 11 is 0. The Hall–Kier alpha value is -3.47. The summed E-state index contributed by atoms with van der Waals surface area (Å²) in [6.07, 6.45) is 0. The predicted molar refractivity (Wildman–Crippen MR) is 103 cm³/mol. The first kappa shape index (κ1) is 17.4. The second-order valence-electron chi connectivity index (χ2n) is 5.84. The van der Waals surface area contributed by atoms with Crippen molar-refractivity contribution in [2.75, 3.05) is 6.54 Å². The fourth-order valence-corrected chi connectivity index (χ4v) is 2.52. The van der Waals surface area contributed by atoms with Crippen LogP contribution in [0.5, 0.6) is 0 Å². The van der Waals surface area contributed by atoms with Gasteiger partial charge < -0.3 is 5.32 Å². The minimum absolute atomic E-state index is 0.137. The summed E-state index contributed by atoms with van der Waals surface area (Å²) in [5, 5.41) is 8.95. The second kappa shape index (κ2) is 8.07. The molecular weight excluding hydrogens is 326 g/mol. The molecule has 0 aliphatic carbocycles. The maximum atomic E-state index is 11.9. The van der Waals surface area contributed by atoms with Crippen LogP contribution in [0.4, 0.5) is 0 Å². The van der Waals surface area contributed by atoms with Crippen molar-refractivity contribution >= 4 is 28.3 Å². The summed E-state index contributed by atoms with van der Waals surface area (Å²) in [5.41, 5.74) is 4.60. The first-order valence-corrected chi connectivity index (χ1v) is 8.29. The van der Waals surface area contributed by atoms with Crippen molar-refractivity contribution < 1.29 is 9.59 Å². The molecular formula is C21H19N3O2. The molecule has 0 spiro atoms. The molecule has 5 heteroatoms. The molecule has 2 amide bonds. The normalized spacial score (nSPS) is 11.2. The minimum Gasteiger partial charge on any atom is -0.343 e. The van der Waals surface area contributed by atoms with E-state index in [4.69, 9.17) is 0 Å². The molecule has 0 fully saturated rings. The molecule has 0 radical (unpaired) electrons. The lowest BCUT2D eigenvalue weighted by molar-refractivity contribution is -0.120. The summed E-state index contributed by atoms with van der Waals surface area (Å²) in [7, 11) is 0. The molecule has 0 unspecified atom stereocenters. The lowest BCUT2D eigenvalue weighted by Gasteiger charge is -2.06. The first-order chi connectivity index (χ1) is 12.6. The van der Waals surface area contributed by atoms with Gasteiger partial charge in [-0.2, -0.15) is 5.10 Å². The molecule has 3 aromatic carbocycles. The Kier molecular flexibility index (Phi) is 5.39. The van der Waals surface area contributed by atoms with E-state index in [-0.39, 0.29) is 18.4 Å². The fraction of sp³-hybridized carbons (Fsp3) is 0.0952. The molecule has 3 rings (SSSR count). The first-order valence-electron chi connectivity index (χ1n) is 8.29. The van der Waals surface area contributed by atoms with Gasteiger partial charge in [0.15, 0.2) is 0 Å². The average Bonchev–Trinajstić information content (AvgIpc) is 2.70. The number of hydrazone groups is 1. The molecule has 0 heterocycles. The molecule has 130 valence electrons. The highest BCUT2D eigenvalue weighted by atomic mass is 16.2. The van der Waals surface area contributed by atoms with Crippen LogP contribution >= 0.6 is 0 Å². The number of carbonyl (C=O) groups is 2. The molecule has 26 heavy (non-hydrogen) atoms. The molecule has 2 N–H and O–H groups in total. The van der Waals surface area contributed by atoms with Crippen molar-refractivity contribution in [1.82, 2.24) is 10.7 Å². The van der Waals surface area contributed by atoms with Crippen molar-refractivity contribution in [2.24, 2.45) is 5.10 Å². The summed E-state index contributed by atoms with van der Waals surface area (Å²) in [4.78, 5) is 23.8. The molecule has 0 saturated heterocycles. The van der Waals surface area contributed by atoms with Crippen LogP contribution < -0.4 is 10.7 Å². The Balaban J connectivity index is 1.57. The Labute approximate surface area is 151 Å². The summed E-state index contributed by atoms with van der Waals surface area (Å²) < 4.78 is 0. The van der Waals surface area contributed by atoms with Crippen LogP contribution in [0.3, 0.4) is 0 Å². The van der Waals surface area contributed by atoms with Crippen LogP contribution in [0.1, 0.15) is 22.8 Å². The van der Waals surface area contributed by atoms with Gasteiger partial charge in [-0.25, -0.2) is 5.43 Å². The summed E-state index contributed by atoms with van der Waals surface area (Å²) in [6.45, 7) is 1.69. The van der Waals surface area contributed by atoms with E-state index in [1.54, 1.807) is 24.3 Å².